The van der Waals surface area contributed by atoms with Crippen LogP contribution in [0.2, 0.25) is 0 Å². The molecule has 0 amide bonds. The second-order valence-electron chi connectivity index (χ2n) is 4.88. The summed E-state index contributed by atoms with van der Waals surface area (Å²) >= 11 is 0. The van der Waals surface area contributed by atoms with Crippen LogP contribution < -0.4 is 0 Å². The van der Waals surface area contributed by atoms with Crippen LogP contribution in [0.15, 0.2) is 72.8 Å². The standard InChI is InChI=1S/C19H15O/c20-14-13-18(15-7-2-1-3-8-15)19-12-6-10-16-9-4-5-11-17(16)19/h1-12,18H,13H2. The van der Waals surface area contributed by atoms with Crippen molar-refractivity contribution in [1.82, 2.24) is 0 Å². The lowest BCUT2D eigenvalue weighted by Gasteiger charge is -2.17. The van der Waals surface area contributed by atoms with Gasteiger partial charge in [0, 0.05) is 12.3 Å². The molecule has 3 aromatic carbocycles. The van der Waals surface area contributed by atoms with Crippen molar-refractivity contribution in [3.8, 4) is 0 Å². The van der Waals surface area contributed by atoms with Gasteiger partial charge in [-0.05, 0) is 21.9 Å². The first-order valence-corrected chi connectivity index (χ1v) is 6.78. The molecular formula is C19H15O. The van der Waals surface area contributed by atoms with Crippen molar-refractivity contribution in [2.75, 3.05) is 0 Å². The van der Waals surface area contributed by atoms with Crippen LogP contribution >= 0.6 is 0 Å². The van der Waals surface area contributed by atoms with Gasteiger partial charge in [0.2, 0.25) is 0 Å². The highest BCUT2D eigenvalue weighted by atomic mass is 16.1. The molecule has 0 aliphatic carbocycles. The van der Waals surface area contributed by atoms with Crippen molar-refractivity contribution in [1.29, 1.82) is 0 Å². The summed E-state index contributed by atoms with van der Waals surface area (Å²) in [5.41, 5.74) is 2.35. The molecule has 1 atom stereocenters. The molecule has 20 heavy (non-hydrogen) atoms. The Morgan fingerprint density at radius 1 is 0.800 bits per heavy atom. The lowest BCUT2D eigenvalue weighted by Crippen LogP contribution is -2.02. The van der Waals surface area contributed by atoms with Gasteiger partial charge in [-0.2, -0.15) is 0 Å². The Kier molecular flexibility index (Phi) is 3.60. The van der Waals surface area contributed by atoms with Gasteiger partial charge in [0.1, 0.15) is 0 Å². The minimum absolute atomic E-state index is 0.0693. The summed E-state index contributed by atoms with van der Waals surface area (Å²) in [4.78, 5) is 11.0. The zero-order valence-electron chi connectivity index (χ0n) is 11.1. The molecule has 3 aromatic rings. The van der Waals surface area contributed by atoms with Crippen LogP contribution in [-0.4, -0.2) is 6.29 Å². The van der Waals surface area contributed by atoms with Crippen molar-refractivity contribution in [2.24, 2.45) is 0 Å². The highest BCUT2D eigenvalue weighted by Crippen LogP contribution is 2.32. The van der Waals surface area contributed by atoms with Crippen molar-refractivity contribution in [2.45, 2.75) is 12.3 Å². The topological polar surface area (TPSA) is 17.1 Å². The average molecular weight is 259 g/mol. The number of fused-ring (bicyclic) bond motifs is 1. The predicted molar refractivity (Wildman–Crippen MR) is 82.5 cm³/mol. The van der Waals surface area contributed by atoms with Gasteiger partial charge < -0.3 is 0 Å². The van der Waals surface area contributed by atoms with Gasteiger partial charge in [0.25, 0.3) is 0 Å². The van der Waals surface area contributed by atoms with Crippen LogP contribution in [0.25, 0.3) is 10.8 Å². The highest BCUT2D eigenvalue weighted by Gasteiger charge is 2.16. The van der Waals surface area contributed by atoms with Gasteiger partial charge >= 0.3 is 0 Å². The van der Waals surface area contributed by atoms with Gasteiger partial charge in [-0.25, -0.2) is 0 Å². The molecule has 0 saturated carbocycles. The third-order valence-electron chi connectivity index (χ3n) is 3.69. The Balaban J connectivity index is 2.17. The van der Waals surface area contributed by atoms with Crippen molar-refractivity contribution < 1.29 is 4.79 Å². The second kappa shape index (κ2) is 5.70. The molecule has 3 rings (SSSR count). The Bertz CT molecular complexity index is 711. The fourth-order valence-electron chi connectivity index (χ4n) is 2.73. The molecule has 1 radical (unpaired) electrons. The van der Waals surface area contributed by atoms with Gasteiger partial charge in [0.15, 0.2) is 6.29 Å². The predicted octanol–water partition coefficient (Wildman–Crippen LogP) is 4.47. The molecule has 0 spiro atoms. The molecule has 0 aromatic heterocycles. The molecule has 1 unspecified atom stereocenters. The SMILES string of the molecule is O=[C]CC(c1ccccc1)c1cccc2ccccc12. The summed E-state index contributed by atoms with van der Waals surface area (Å²) < 4.78 is 0. The minimum atomic E-state index is 0.0693. The van der Waals surface area contributed by atoms with Crippen LogP contribution in [0.5, 0.6) is 0 Å². The van der Waals surface area contributed by atoms with E-state index in [4.69, 9.17) is 0 Å². The summed E-state index contributed by atoms with van der Waals surface area (Å²) in [7, 11) is 0. The normalized spacial score (nSPS) is 12.2. The minimum Gasteiger partial charge on any atom is -0.291 e. The molecule has 0 heterocycles. The zero-order valence-corrected chi connectivity index (χ0v) is 11.1. The van der Waals surface area contributed by atoms with Gasteiger partial charge in [-0.1, -0.05) is 72.8 Å². The quantitative estimate of drug-likeness (QED) is 0.675. The summed E-state index contributed by atoms with van der Waals surface area (Å²) in [6.07, 6.45) is 2.47. The number of benzene rings is 3. The first kappa shape index (κ1) is 12.6. The van der Waals surface area contributed by atoms with Crippen LogP contribution in [0, 0.1) is 0 Å². The van der Waals surface area contributed by atoms with E-state index in [9.17, 15) is 4.79 Å². The van der Waals surface area contributed by atoms with E-state index in [1.807, 2.05) is 30.3 Å². The van der Waals surface area contributed by atoms with Gasteiger partial charge in [0.05, 0.1) is 0 Å². The molecule has 0 aliphatic rings. The van der Waals surface area contributed by atoms with E-state index in [2.05, 4.69) is 48.8 Å². The van der Waals surface area contributed by atoms with Crippen LogP contribution in [0.3, 0.4) is 0 Å². The summed E-state index contributed by atoms with van der Waals surface area (Å²) in [5.74, 6) is 0.0693. The van der Waals surface area contributed by atoms with E-state index in [1.165, 1.54) is 16.3 Å². The Labute approximate surface area is 118 Å². The Hall–Kier alpha value is -2.41. The number of rotatable bonds is 4. The van der Waals surface area contributed by atoms with Crippen LogP contribution in [0.4, 0.5) is 0 Å². The van der Waals surface area contributed by atoms with Crippen molar-refractivity contribution in [3.05, 3.63) is 83.9 Å². The average Bonchev–Trinajstić information content (AvgIpc) is 2.53. The number of carbonyl (C=O) groups excluding carboxylic acids is 1. The van der Waals surface area contributed by atoms with Crippen LogP contribution in [0.1, 0.15) is 23.5 Å². The first-order chi connectivity index (χ1) is 9.90. The molecular weight excluding hydrogens is 244 g/mol. The molecule has 0 N–H and O–H groups in total. The van der Waals surface area contributed by atoms with Gasteiger partial charge in [-0.15, -0.1) is 0 Å². The fraction of sp³-hybridized carbons (Fsp3) is 0.105. The maximum absolute atomic E-state index is 11.0. The number of hydrogen-bond donors (Lipinski definition) is 0. The molecule has 1 nitrogen and oxygen atoms in total. The molecule has 1 heteroatoms. The lowest BCUT2D eigenvalue weighted by atomic mass is 9.86. The summed E-state index contributed by atoms with van der Waals surface area (Å²) in [6, 6.07) is 24.7. The number of hydrogen-bond acceptors (Lipinski definition) is 1. The van der Waals surface area contributed by atoms with E-state index in [-0.39, 0.29) is 5.92 Å². The smallest absolute Gasteiger partial charge is 0.199 e. The second-order valence-corrected chi connectivity index (χ2v) is 4.88. The largest absolute Gasteiger partial charge is 0.291 e. The summed E-state index contributed by atoms with van der Waals surface area (Å²) in [6.45, 7) is 0. The maximum Gasteiger partial charge on any atom is 0.199 e. The van der Waals surface area contributed by atoms with Crippen molar-refractivity contribution in [3.63, 3.8) is 0 Å². The Morgan fingerprint density at radius 2 is 1.50 bits per heavy atom. The monoisotopic (exact) mass is 259 g/mol. The van der Waals surface area contributed by atoms with E-state index < -0.39 is 0 Å². The van der Waals surface area contributed by atoms with E-state index in [0.29, 0.717) is 6.42 Å². The van der Waals surface area contributed by atoms with E-state index in [0.717, 1.165) is 5.56 Å². The molecule has 0 bridgehead atoms. The Morgan fingerprint density at radius 3 is 2.30 bits per heavy atom. The van der Waals surface area contributed by atoms with Crippen LogP contribution in [-0.2, 0) is 4.79 Å². The van der Waals surface area contributed by atoms with E-state index in [1.54, 1.807) is 0 Å². The lowest BCUT2D eigenvalue weighted by molar-refractivity contribution is 0.547. The van der Waals surface area contributed by atoms with Gasteiger partial charge in [-0.3, -0.25) is 4.79 Å². The van der Waals surface area contributed by atoms with E-state index >= 15 is 0 Å². The van der Waals surface area contributed by atoms with Crippen molar-refractivity contribution >= 4 is 17.1 Å². The fourth-order valence-corrected chi connectivity index (χ4v) is 2.73. The summed E-state index contributed by atoms with van der Waals surface area (Å²) in [5, 5.41) is 2.41. The third kappa shape index (κ3) is 2.35. The molecule has 0 aliphatic heterocycles. The maximum atomic E-state index is 11.0. The third-order valence-corrected chi connectivity index (χ3v) is 3.69. The molecule has 0 fully saturated rings. The zero-order chi connectivity index (χ0) is 13.8. The molecule has 97 valence electrons. The molecule has 0 saturated heterocycles. The highest BCUT2D eigenvalue weighted by molar-refractivity contribution is 5.86. The first-order valence-electron chi connectivity index (χ1n) is 6.78.